The van der Waals surface area contributed by atoms with Crippen molar-refractivity contribution in [3.63, 3.8) is 0 Å². The van der Waals surface area contributed by atoms with Gasteiger partial charge in [-0.1, -0.05) is 12.1 Å². The van der Waals surface area contributed by atoms with E-state index >= 15 is 0 Å². The Kier molecular flexibility index (Phi) is 4.35. The predicted molar refractivity (Wildman–Crippen MR) is 94.1 cm³/mol. The van der Waals surface area contributed by atoms with Crippen LogP contribution < -0.4 is 15.6 Å². The lowest BCUT2D eigenvalue weighted by Crippen LogP contribution is -2.25. The van der Waals surface area contributed by atoms with E-state index in [9.17, 15) is 9.59 Å². The van der Waals surface area contributed by atoms with Crippen molar-refractivity contribution in [2.24, 2.45) is 0 Å². The number of hydrogen-bond acceptors (Lipinski definition) is 5. The van der Waals surface area contributed by atoms with Crippen LogP contribution in [0.4, 0.5) is 5.69 Å². The number of carbonyl (C=O) groups is 1. The Balaban J connectivity index is 1.84. The molecule has 0 saturated heterocycles. The summed E-state index contributed by atoms with van der Waals surface area (Å²) in [6, 6.07) is 7.24. The number of carbonyl (C=O) groups excluding carboxylic acids is 1. The maximum Gasteiger partial charge on any atom is 0.282 e. The van der Waals surface area contributed by atoms with Crippen LogP contribution in [-0.4, -0.2) is 22.4 Å². The normalized spacial score (nSPS) is 10.8. The van der Waals surface area contributed by atoms with Crippen molar-refractivity contribution in [2.75, 3.05) is 12.4 Å². The summed E-state index contributed by atoms with van der Waals surface area (Å²) >= 11 is 1.40. The average molecular weight is 343 g/mol. The quantitative estimate of drug-likeness (QED) is 0.790. The lowest BCUT2D eigenvalue weighted by atomic mass is 10.1. The van der Waals surface area contributed by atoms with Crippen molar-refractivity contribution in [3.05, 3.63) is 57.0 Å². The highest BCUT2D eigenvalue weighted by Crippen LogP contribution is 2.16. The van der Waals surface area contributed by atoms with Gasteiger partial charge < -0.3 is 10.1 Å². The summed E-state index contributed by atoms with van der Waals surface area (Å²) in [6.07, 6.45) is 0.175. The second-order valence-corrected chi connectivity index (χ2v) is 6.28. The fraction of sp³-hybridized carbons (Fsp3) is 0.235. The van der Waals surface area contributed by atoms with E-state index in [-0.39, 0.29) is 23.6 Å². The zero-order chi connectivity index (χ0) is 17.3. The van der Waals surface area contributed by atoms with Crippen LogP contribution in [0.3, 0.4) is 0 Å². The Bertz CT molecular complexity index is 958. The van der Waals surface area contributed by atoms with Gasteiger partial charge in [0.25, 0.3) is 5.56 Å². The number of fused-ring (bicyclic) bond motifs is 1. The summed E-state index contributed by atoms with van der Waals surface area (Å²) in [6.45, 7) is 3.56. The molecule has 0 radical (unpaired) electrons. The first-order valence-electron chi connectivity index (χ1n) is 7.40. The summed E-state index contributed by atoms with van der Waals surface area (Å²) in [5, 5.41) is 4.57. The summed E-state index contributed by atoms with van der Waals surface area (Å²) < 4.78 is 6.61. The molecule has 3 rings (SSSR count). The predicted octanol–water partition coefficient (Wildman–Crippen LogP) is 2.56. The molecule has 3 aromatic rings. The third-order valence-corrected chi connectivity index (χ3v) is 4.65. The molecule has 1 aromatic carbocycles. The molecule has 0 spiro atoms. The molecule has 124 valence electrons. The van der Waals surface area contributed by atoms with Crippen LogP contribution in [-0.2, 0) is 11.2 Å². The standard InChI is InChI=1S/C17H17N3O3S/c1-10-9-24-17-18-11(2)15(16(22)20(10)17)19-14(21)8-12-4-6-13(23-3)7-5-12/h4-7,9H,8H2,1-3H3,(H,19,21). The van der Waals surface area contributed by atoms with Crippen molar-refractivity contribution in [2.45, 2.75) is 20.3 Å². The first-order valence-corrected chi connectivity index (χ1v) is 8.28. The SMILES string of the molecule is COc1ccc(CC(=O)Nc2c(C)nc3scc(C)n3c2=O)cc1. The fourth-order valence-corrected chi connectivity index (χ4v) is 3.34. The number of anilines is 1. The van der Waals surface area contributed by atoms with E-state index in [0.717, 1.165) is 17.0 Å². The maximum absolute atomic E-state index is 12.6. The van der Waals surface area contributed by atoms with Crippen LogP contribution >= 0.6 is 11.3 Å². The molecule has 0 aliphatic carbocycles. The third-order valence-electron chi connectivity index (χ3n) is 3.71. The molecule has 1 amide bonds. The molecule has 0 atom stereocenters. The van der Waals surface area contributed by atoms with Gasteiger partial charge in [0.1, 0.15) is 11.4 Å². The van der Waals surface area contributed by atoms with E-state index in [0.29, 0.717) is 10.7 Å². The second kappa shape index (κ2) is 6.45. The number of benzene rings is 1. The average Bonchev–Trinajstić information content (AvgIpc) is 2.93. The Morgan fingerprint density at radius 2 is 2.00 bits per heavy atom. The van der Waals surface area contributed by atoms with Gasteiger partial charge in [-0.25, -0.2) is 4.98 Å². The minimum Gasteiger partial charge on any atom is -0.497 e. The molecule has 24 heavy (non-hydrogen) atoms. The van der Waals surface area contributed by atoms with Crippen molar-refractivity contribution in [1.29, 1.82) is 0 Å². The number of amides is 1. The molecule has 2 heterocycles. The number of ether oxygens (including phenoxy) is 1. The number of nitrogens with one attached hydrogen (secondary N) is 1. The van der Waals surface area contributed by atoms with Gasteiger partial charge in [-0.15, -0.1) is 11.3 Å². The van der Waals surface area contributed by atoms with Crippen LogP contribution in [0, 0.1) is 13.8 Å². The molecule has 0 unspecified atom stereocenters. The Labute approximate surface area is 142 Å². The summed E-state index contributed by atoms with van der Waals surface area (Å²) in [7, 11) is 1.59. The van der Waals surface area contributed by atoms with E-state index in [4.69, 9.17) is 4.74 Å². The van der Waals surface area contributed by atoms with Crippen LogP contribution in [0.25, 0.3) is 4.96 Å². The smallest absolute Gasteiger partial charge is 0.282 e. The van der Waals surface area contributed by atoms with Crippen LogP contribution in [0.15, 0.2) is 34.4 Å². The molecule has 1 N–H and O–H groups in total. The maximum atomic E-state index is 12.6. The Morgan fingerprint density at radius 3 is 2.67 bits per heavy atom. The van der Waals surface area contributed by atoms with Gasteiger partial charge in [-0.3, -0.25) is 14.0 Å². The lowest BCUT2D eigenvalue weighted by Gasteiger charge is -2.08. The number of methoxy groups -OCH3 is 1. The Hall–Kier alpha value is -2.67. The molecule has 0 bridgehead atoms. The fourth-order valence-electron chi connectivity index (χ4n) is 2.44. The molecule has 7 heteroatoms. The van der Waals surface area contributed by atoms with E-state index in [1.54, 1.807) is 26.2 Å². The minimum atomic E-state index is -0.255. The third kappa shape index (κ3) is 3.03. The number of thiazole rings is 1. The van der Waals surface area contributed by atoms with E-state index in [2.05, 4.69) is 10.3 Å². The van der Waals surface area contributed by atoms with Crippen LogP contribution in [0.5, 0.6) is 5.75 Å². The highest BCUT2D eigenvalue weighted by atomic mass is 32.1. The highest BCUT2D eigenvalue weighted by Gasteiger charge is 2.15. The van der Waals surface area contributed by atoms with E-state index < -0.39 is 0 Å². The van der Waals surface area contributed by atoms with Gasteiger partial charge in [0, 0.05) is 11.1 Å². The number of aryl methyl sites for hydroxylation is 2. The highest BCUT2D eigenvalue weighted by molar-refractivity contribution is 7.15. The summed E-state index contributed by atoms with van der Waals surface area (Å²) in [5.41, 5.74) is 2.14. The van der Waals surface area contributed by atoms with Crippen LogP contribution in [0.1, 0.15) is 17.0 Å². The largest absolute Gasteiger partial charge is 0.497 e. The molecule has 0 fully saturated rings. The molecular formula is C17H17N3O3S. The first kappa shape index (κ1) is 16.2. The molecule has 0 saturated carbocycles. The zero-order valence-electron chi connectivity index (χ0n) is 13.6. The van der Waals surface area contributed by atoms with Gasteiger partial charge in [-0.2, -0.15) is 0 Å². The number of nitrogens with zero attached hydrogens (tertiary/aromatic N) is 2. The van der Waals surface area contributed by atoms with Crippen molar-refractivity contribution < 1.29 is 9.53 Å². The first-order chi connectivity index (χ1) is 11.5. The minimum absolute atomic E-state index is 0.175. The van der Waals surface area contributed by atoms with Gasteiger partial charge >= 0.3 is 0 Å². The monoisotopic (exact) mass is 343 g/mol. The molecule has 6 nitrogen and oxygen atoms in total. The van der Waals surface area contributed by atoms with Crippen molar-refractivity contribution in [3.8, 4) is 5.75 Å². The van der Waals surface area contributed by atoms with Crippen molar-refractivity contribution >= 4 is 27.9 Å². The van der Waals surface area contributed by atoms with E-state index in [1.165, 1.54) is 15.7 Å². The second-order valence-electron chi connectivity index (χ2n) is 5.45. The lowest BCUT2D eigenvalue weighted by molar-refractivity contribution is -0.115. The van der Waals surface area contributed by atoms with Gasteiger partial charge in [-0.05, 0) is 31.5 Å². The number of aromatic nitrogens is 2. The zero-order valence-corrected chi connectivity index (χ0v) is 14.4. The number of rotatable bonds is 4. The molecule has 0 aliphatic rings. The molecule has 2 aromatic heterocycles. The summed E-state index contributed by atoms with van der Waals surface area (Å²) in [4.78, 5) is 29.9. The van der Waals surface area contributed by atoms with Crippen molar-refractivity contribution in [1.82, 2.24) is 9.38 Å². The molecule has 0 aliphatic heterocycles. The number of hydrogen-bond donors (Lipinski definition) is 1. The van der Waals surface area contributed by atoms with Gasteiger partial charge in [0.15, 0.2) is 4.96 Å². The van der Waals surface area contributed by atoms with Crippen LogP contribution in [0.2, 0.25) is 0 Å². The van der Waals surface area contributed by atoms with Gasteiger partial charge in [0.05, 0.1) is 19.2 Å². The van der Waals surface area contributed by atoms with Gasteiger partial charge in [0.2, 0.25) is 5.91 Å². The van der Waals surface area contributed by atoms with E-state index in [1.807, 2.05) is 24.4 Å². The summed E-state index contributed by atoms with van der Waals surface area (Å²) in [5.74, 6) is 0.478. The molecular weight excluding hydrogens is 326 g/mol. The Morgan fingerprint density at radius 1 is 1.29 bits per heavy atom. The topological polar surface area (TPSA) is 72.7 Å².